The Morgan fingerprint density at radius 1 is 1.50 bits per heavy atom. The summed E-state index contributed by atoms with van der Waals surface area (Å²) < 4.78 is 1.72. The fourth-order valence-corrected chi connectivity index (χ4v) is 0.838. The maximum absolute atomic E-state index is 5.42. The Hall–Kier alpha value is -1.01. The number of nitrogens with zero attached hydrogens (tertiary/aromatic N) is 5. The van der Waals surface area contributed by atoms with Gasteiger partial charge in [0.2, 0.25) is 0 Å². The summed E-state index contributed by atoms with van der Waals surface area (Å²) >= 11 is 0. The molecule has 0 aliphatic heterocycles. The predicted molar refractivity (Wildman–Crippen MR) is 44.3 cm³/mol. The van der Waals surface area contributed by atoms with Gasteiger partial charge in [0.1, 0.15) is 0 Å². The van der Waals surface area contributed by atoms with Crippen LogP contribution >= 0.6 is 0 Å². The zero-order chi connectivity index (χ0) is 8.97. The van der Waals surface area contributed by atoms with Crippen LogP contribution in [0.4, 0.5) is 0 Å². The molecule has 0 unspecified atom stereocenters. The van der Waals surface area contributed by atoms with Crippen molar-refractivity contribution in [3.05, 3.63) is 5.82 Å². The highest BCUT2D eigenvalue weighted by molar-refractivity contribution is 4.77. The molecule has 0 atom stereocenters. The molecule has 0 amide bonds. The van der Waals surface area contributed by atoms with Gasteiger partial charge in [-0.05, 0) is 24.5 Å². The molecular formula is C6H14N6. The molecule has 6 nitrogen and oxygen atoms in total. The lowest BCUT2D eigenvalue weighted by molar-refractivity contribution is 0.366. The number of hydrogen-bond donors (Lipinski definition) is 1. The second kappa shape index (κ2) is 4.13. The molecule has 0 bridgehead atoms. The van der Waals surface area contributed by atoms with Gasteiger partial charge < -0.3 is 10.6 Å². The largest absolute Gasteiger partial charge is 0.324 e. The molecule has 0 aliphatic rings. The first-order valence-electron chi connectivity index (χ1n) is 3.84. The SMILES string of the molecule is CN(C)CCn1nnnc1CN. The molecule has 1 rings (SSSR count). The Morgan fingerprint density at radius 2 is 2.25 bits per heavy atom. The second-order valence-corrected chi connectivity index (χ2v) is 2.83. The van der Waals surface area contributed by atoms with E-state index in [1.165, 1.54) is 0 Å². The van der Waals surface area contributed by atoms with E-state index in [-0.39, 0.29) is 0 Å². The number of likely N-dealkylation sites (N-methyl/N-ethyl adjacent to an activating group) is 1. The van der Waals surface area contributed by atoms with Gasteiger partial charge in [0.25, 0.3) is 0 Å². The zero-order valence-corrected chi connectivity index (χ0v) is 7.43. The van der Waals surface area contributed by atoms with Crippen LogP contribution in [0.15, 0.2) is 0 Å². The number of hydrogen-bond acceptors (Lipinski definition) is 5. The lowest BCUT2D eigenvalue weighted by Crippen LogP contribution is -2.21. The fraction of sp³-hybridized carbons (Fsp3) is 0.833. The smallest absolute Gasteiger partial charge is 0.164 e. The standard InChI is InChI=1S/C6H14N6/c1-11(2)3-4-12-6(5-7)8-9-10-12/h3-5,7H2,1-2H3. The highest BCUT2D eigenvalue weighted by Crippen LogP contribution is 1.89. The van der Waals surface area contributed by atoms with E-state index in [1.54, 1.807) is 4.68 Å². The molecule has 0 spiro atoms. The lowest BCUT2D eigenvalue weighted by atomic mass is 10.5. The first-order chi connectivity index (χ1) is 5.74. The summed E-state index contributed by atoms with van der Waals surface area (Å²) in [6, 6.07) is 0. The monoisotopic (exact) mass is 170 g/mol. The van der Waals surface area contributed by atoms with Crippen molar-refractivity contribution in [3.8, 4) is 0 Å². The van der Waals surface area contributed by atoms with Gasteiger partial charge in [0.15, 0.2) is 5.82 Å². The van der Waals surface area contributed by atoms with Crippen molar-refractivity contribution in [1.29, 1.82) is 0 Å². The maximum Gasteiger partial charge on any atom is 0.164 e. The molecule has 1 heterocycles. The Balaban J connectivity index is 2.50. The molecule has 68 valence electrons. The van der Waals surface area contributed by atoms with Crippen molar-refractivity contribution in [2.45, 2.75) is 13.1 Å². The topological polar surface area (TPSA) is 72.9 Å². The molecule has 0 fully saturated rings. The molecule has 6 heteroatoms. The minimum Gasteiger partial charge on any atom is -0.324 e. The van der Waals surface area contributed by atoms with Crippen LogP contribution in [0.1, 0.15) is 5.82 Å². The molecule has 0 saturated carbocycles. The quantitative estimate of drug-likeness (QED) is 0.607. The molecule has 1 aromatic rings. The average molecular weight is 170 g/mol. The molecule has 1 aromatic heterocycles. The van der Waals surface area contributed by atoms with Gasteiger partial charge in [0, 0.05) is 6.54 Å². The molecule has 0 radical (unpaired) electrons. The van der Waals surface area contributed by atoms with Gasteiger partial charge in [-0.1, -0.05) is 0 Å². The van der Waals surface area contributed by atoms with E-state index in [4.69, 9.17) is 5.73 Å². The third-order valence-corrected chi connectivity index (χ3v) is 1.55. The van der Waals surface area contributed by atoms with Gasteiger partial charge in [0.05, 0.1) is 13.1 Å². The number of aromatic nitrogens is 4. The van der Waals surface area contributed by atoms with E-state index >= 15 is 0 Å². The van der Waals surface area contributed by atoms with Crippen LogP contribution in [0.3, 0.4) is 0 Å². The molecule has 0 aromatic carbocycles. The van der Waals surface area contributed by atoms with Gasteiger partial charge >= 0.3 is 0 Å². The summed E-state index contributed by atoms with van der Waals surface area (Å²) in [6.07, 6.45) is 0. The van der Waals surface area contributed by atoms with Crippen molar-refractivity contribution in [3.63, 3.8) is 0 Å². The third-order valence-electron chi connectivity index (χ3n) is 1.55. The zero-order valence-electron chi connectivity index (χ0n) is 7.43. The van der Waals surface area contributed by atoms with Crippen LogP contribution in [0.25, 0.3) is 0 Å². The van der Waals surface area contributed by atoms with Gasteiger partial charge in [-0.15, -0.1) is 5.10 Å². The van der Waals surface area contributed by atoms with Crippen LogP contribution in [-0.4, -0.2) is 45.7 Å². The first-order valence-corrected chi connectivity index (χ1v) is 3.84. The van der Waals surface area contributed by atoms with E-state index in [0.717, 1.165) is 18.9 Å². The Labute approximate surface area is 71.3 Å². The normalized spacial score (nSPS) is 11.0. The van der Waals surface area contributed by atoms with Crippen LogP contribution in [0.5, 0.6) is 0 Å². The van der Waals surface area contributed by atoms with Crippen molar-refractivity contribution in [1.82, 2.24) is 25.1 Å². The summed E-state index contributed by atoms with van der Waals surface area (Å²) in [6.45, 7) is 2.09. The van der Waals surface area contributed by atoms with Crippen LogP contribution in [-0.2, 0) is 13.1 Å². The molecular weight excluding hydrogens is 156 g/mol. The summed E-state index contributed by atoms with van der Waals surface area (Å²) in [7, 11) is 4.01. The minimum atomic E-state index is 0.389. The Bertz CT molecular complexity index is 230. The fourth-order valence-electron chi connectivity index (χ4n) is 0.838. The number of tetrazole rings is 1. The van der Waals surface area contributed by atoms with Crippen LogP contribution in [0.2, 0.25) is 0 Å². The average Bonchev–Trinajstić information content (AvgIpc) is 2.47. The second-order valence-electron chi connectivity index (χ2n) is 2.83. The first kappa shape index (κ1) is 9.08. The van der Waals surface area contributed by atoms with Crippen molar-refractivity contribution >= 4 is 0 Å². The van der Waals surface area contributed by atoms with E-state index < -0.39 is 0 Å². The maximum atomic E-state index is 5.42. The highest BCUT2D eigenvalue weighted by Gasteiger charge is 2.02. The highest BCUT2D eigenvalue weighted by atomic mass is 15.5. The van der Waals surface area contributed by atoms with Crippen molar-refractivity contribution in [2.75, 3.05) is 20.6 Å². The number of rotatable bonds is 4. The van der Waals surface area contributed by atoms with Crippen molar-refractivity contribution in [2.24, 2.45) is 5.73 Å². The summed E-state index contributed by atoms with van der Waals surface area (Å²) in [5.74, 6) is 0.733. The molecule has 12 heavy (non-hydrogen) atoms. The minimum absolute atomic E-state index is 0.389. The van der Waals surface area contributed by atoms with Gasteiger partial charge in [-0.2, -0.15) is 0 Å². The Kier molecular flexibility index (Phi) is 3.12. The third kappa shape index (κ3) is 2.24. The van der Waals surface area contributed by atoms with Gasteiger partial charge in [-0.3, -0.25) is 0 Å². The van der Waals surface area contributed by atoms with E-state index in [0.29, 0.717) is 6.54 Å². The van der Waals surface area contributed by atoms with E-state index in [9.17, 15) is 0 Å². The molecule has 0 aliphatic carbocycles. The van der Waals surface area contributed by atoms with Crippen molar-refractivity contribution < 1.29 is 0 Å². The van der Waals surface area contributed by atoms with Gasteiger partial charge in [-0.25, -0.2) is 4.68 Å². The summed E-state index contributed by atoms with van der Waals surface area (Å²) in [5, 5.41) is 11.1. The van der Waals surface area contributed by atoms with E-state index in [2.05, 4.69) is 20.4 Å². The molecule has 0 saturated heterocycles. The van der Waals surface area contributed by atoms with Crippen LogP contribution in [0, 0.1) is 0 Å². The Morgan fingerprint density at radius 3 is 2.83 bits per heavy atom. The summed E-state index contributed by atoms with van der Waals surface area (Å²) in [5.41, 5.74) is 5.42. The summed E-state index contributed by atoms with van der Waals surface area (Å²) in [4.78, 5) is 2.07. The van der Waals surface area contributed by atoms with E-state index in [1.807, 2.05) is 14.1 Å². The lowest BCUT2D eigenvalue weighted by Gasteiger charge is -2.08. The predicted octanol–water partition coefficient (Wildman–Crippen LogP) is -1.31. The van der Waals surface area contributed by atoms with Crippen LogP contribution < -0.4 is 5.73 Å². The molecule has 2 N–H and O–H groups in total. The number of nitrogens with two attached hydrogens (primary N) is 1.